The van der Waals surface area contributed by atoms with Gasteiger partial charge in [-0.1, -0.05) is 41.4 Å². The van der Waals surface area contributed by atoms with Gasteiger partial charge in [-0.3, -0.25) is 9.59 Å². The van der Waals surface area contributed by atoms with Crippen LogP contribution in [0.1, 0.15) is 22.7 Å². The summed E-state index contributed by atoms with van der Waals surface area (Å²) in [5.74, 6) is -0.201. The molecule has 3 aromatic rings. The van der Waals surface area contributed by atoms with E-state index < -0.39 is 23.5 Å². The van der Waals surface area contributed by atoms with Gasteiger partial charge in [-0.25, -0.2) is 0 Å². The largest absolute Gasteiger partial charge is 0.507 e. The number of amides is 1. The summed E-state index contributed by atoms with van der Waals surface area (Å²) in [6, 6.07) is 14.2. The quantitative estimate of drug-likeness (QED) is 0.255. The molecular weight excluding hydrogens is 521 g/mol. The highest BCUT2D eigenvalue weighted by Crippen LogP contribution is 2.44. The third-order valence-corrected chi connectivity index (χ3v) is 6.73. The summed E-state index contributed by atoms with van der Waals surface area (Å²) in [6.45, 7) is 0.182. The Balaban J connectivity index is 1.66. The van der Waals surface area contributed by atoms with Crippen molar-refractivity contribution in [3.8, 4) is 23.0 Å². The number of ether oxygens (including phenoxy) is 4. The summed E-state index contributed by atoms with van der Waals surface area (Å²) in [5.41, 5.74) is 1.29. The number of halogens is 2. The fourth-order valence-corrected chi connectivity index (χ4v) is 5.07. The zero-order valence-electron chi connectivity index (χ0n) is 19.8. The molecule has 1 amide bonds. The van der Waals surface area contributed by atoms with E-state index in [1.54, 1.807) is 42.5 Å². The van der Waals surface area contributed by atoms with Crippen LogP contribution in [-0.4, -0.2) is 42.7 Å². The standard InChI is InChI=1S/C27H21Cl2NO7/c1-34-17-6-4-15(5-7-17)23-22(24(31)18-10-16(28)11-19(29)26(18)35-2)25(32)27(33)30(23)12-14-3-8-20-21(9-14)37-13-36-20/h3-11,23,31H,12-13H2,1-2H3/b24-22+. The predicted octanol–water partition coefficient (Wildman–Crippen LogP) is 5.36. The van der Waals surface area contributed by atoms with Crippen LogP contribution in [0.5, 0.6) is 23.0 Å². The number of aliphatic hydroxyl groups is 1. The van der Waals surface area contributed by atoms with Gasteiger partial charge in [-0.15, -0.1) is 0 Å². The first-order valence-corrected chi connectivity index (χ1v) is 11.9. The van der Waals surface area contributed by atoms with Crippen LogP contribution in [0.2, 0.25) is 10.0 Å². The van der Waals surface area contributed by atoms with Gasteiger partial charge >= 0.3 is 0 Å². The van der Waals surface area contributed by atoms with Crippen LogP contribution in [0.4, 0.5) is 0 Å². The molecule has 0 bridgehead atoms. The molecule has 2 aliphatic heterocycles. The van der Waals surface area contributed by atoms with E-state index in [4.69, 9.17) is 42.1 Å². The second kappa shape index (κ2) is 9.88. The topological polar surface area (TPSA) is 94.5 Å². The summed E-state index contributed by atoms with van der Waals surface area (Å²) in [5, 5.41) is 11.8. The van der Waals surface area contributed by atoms with Gasteiger partial charge in [-0.2, -0.15) is 0 Å². The maximum atomic E-state index is 13.4. The van der Waals surface area contributed by atoms with E-state index in [1.165, 1.54) is 31.3 Å². The Morgan fingerprint density at radius 3 is 2.43 bits per heavy atom. The van der Waals surface area contributed by atoms with Crippen molar-refractivity contribution in [1.29, 1.82) is 0 Å². The number of benzene rings is 3. The molecule has 1 fully saturated rings. The number of nitrogens with zero attached hydrogens (tertiary/aromatic N) is 1. The molecule has 5 rings (SSSR count). The number of carbonyl (C=O) groups is 2. The Labute approximate surface area is 222 Å². The predicted molar refractivity (Wildman–Crippen MR) is 136 cm³/mol. The highest BCUT2D eigenvalue weighted by atomic mass is 35.5. The number of methoxy groups -OCH3 is 2. The Morgan fingerprint density at radius 1 is 1.00 bits per heavy atom. The summed E-state index contributed by atoms with van der Waals surface area (Å²) in [7, 11) is 2.92. The fraction of sp³-hybridized carbons (Fsp3) is 0.185. The Morgan fingerprint density at radius 2 is 1.73 bits per heavy atom. The minimum Gasteiger partial charge on any atom is -0.507 e. The molecule has 0 aromatic heterocycles. The normalized spacial score (nSPS) is 17.8. The zero-order valence-corrected chi connectivity index (χ0v) is 21.3. The Hall–Kier alpha value is -3.88. The maximum absolute atomic E-state index is 13.4. The van der Waals surface area contributed by atoms with Crippen molar-refractivity contribution in [2.24, 2.45) is 0 Å². The van der Waals surface area contributed by atoms with Crippen LogP contribution in [0.3, 0.4) is 0 Å². The molecule has 0 saturated carbocycles. The lowest BCUT2D eigenvalue weighted by Crippen LogP contribution is -2.29. The average molecular weight is 542 g/mol. The van der Waals surface area contributed by atoms with Crippen molar-refractivity contribution in [1.82, 2.24) is 4.90 Å². The van der Waals surface area contributed by atoms with Crippen LogP contribution < -0.4 is 18.9 Å². The highest BCUT2D eigenvalue weighted by molar-refractivity contribution is 6.46. The maximum Gasteiger partial charge on any atom is 0.295 e. The summed E-state index contributed by atoms with van der Waals surface area (Å²) >= 11 is 12.5. The van der Waals surface area contributed by atoms with Crippen LogP contribution in [-0.2, 0) is 16.1 Å². The molecule has 8 nitrogen and oxygen atoms in total. The zero-order chi connectivity index (χ0) is 26.3. The van der Waals surface area contributed by atoms with Gasteiger partial charge < -0.3 is 29.0 Å². The molecule has 1 atom stereocenters. The van der Waals surface area contributed by atoms with E-state index in [-0.39, 0.29) is 40.3 Å². The lowest BCUT2D eigenvalue weighted by Gasteiger charge is -2.26. The molecule has 0 spiro atoms. The van der Waals surface area contributed by atoms with E-state index >= 15 is 0 Å². The molecule has 2 heterocycles. The van der Waals surface area contributed by atoms with Crippen molar-refractivity contribution in [3.63, 3.8) is 0 Å². The molecule has 1 saturated heterocycles. The van der Waals surface area contributed by atoms with E-state index in [9.17, 15) is 14.7 Å². The van der Waals surface area contributed by atoms with Crippen molar-refractivity contribution < 1.29 is 33.6 Å². The van der Waals surface area contributed by atoms with Crippen molar-refractivity contribution >= 4 is 40.7 Å². The lowest BCUT2D eigenvalue weighted by molar-refractivity contribution is -0.140. The minimum atomic E-state index is -0.918. The SMILES string of the molecule is COc1ccc(C2/C(=C(\O)c3cc(Cl)cc(Cl)c3OC)C(=O)C(=O)N2Cc2ccc3c(c2)OCO3)cc1. The molecule has 1 unspecified atom stereocenters. The number of carbonyl (C=O) groups excluding carboxylic acids is 2. The van der Waals surface area contributed by atoms with E-state index in [0.717, 1.165) is 0 Å². The Bertz CT molecular complexity index is 1440. The van der Waals surface area contributed by atoms with Gasteiger partial charge in [0, 0.05) is 11.6 Å². The number of hydrogen-bond donors (Lipinski definition) is 1. The van der Waals surface area contributed by atoms with Crippen LogP contribution in [0.15, 0.2) is 60.2 Å². The molecule has 1 N–H and O–H groups in total. The average Bonchev–Trinajstić information content (AvgIpc) is 3.46. The van der Waals surface area contributed by atoms with Crippen molar-refractivity contribution in [2.45, 2.75) is 12.6 Å². The number of aliphatic hydroxyl groups excluding tert-OH is 1. The molecular formula is C27H21Cl2NO7. The van der Waals surface area contributed by atoms with Gasteiger partial charge in [0.2, 0.25) is 6.79 Å². The second-order valence-corrected chi connectivity index (χ2v) is 9.20. The van der Waals surface area contributed by atoms with Gasteiger partial charge in [0.15, 0.2) is 11.5 Å². The van der Waals surface area contributed by atoms with Gasteiger partial charge in [0.25, 0.3) is 11.7 Å². The number of fused-ring (bicyclic) bond motifs is 1. The van der Waals surface area contributed by atoms with Crippen LogP contribution in [0.25, 0.3) is 5.76 Å². The number of likely N-dealkylation sites (tertiary alicyclic amines) is 1. The monoisotopic (exact) mass is 541 g/mol. The number of hydrogen-bond acceptors (Lipinski definition) is 7. The number of ketones is 1. The number of rotatable bonds is 6. The first kappa shape index (κ1) is 24.8. The van der Waals surface area contributed by atoms with Gasteiger partial charge in [-0.05, 0) is 47.5 Å². The van der Waals surface area contributed by atoms with Gasteiger partial charge in [0.05, 0.1) is 36.4 Å². The lowest BCUT2D eigenvalue weighted by atomic mass is 9.94. The second-order valence-electron chi connectivity index (χ2n) is 8.36. The molecule has 0 radical (unpaired) electrons. The molecule has 3 aromatic carbocycles. The number of Topliss-reactive ketones (excluding diaryl/α,β-unsaturated/α-hetero) is 1. The molecule has 190 valence electrons. The van der Waals surface area contributed by atoms with E-state index in [1.807, 2.05) is 0 Å². The third-order valence-electron chi connectivity index (χ3n) is 6.23. The fourth-order valence-electron chi connectivity index (χ4n) is 4.50. The molecule has 37 heavy (non-hydrogen) atoms. The van der Waals surface area contributed by atoms with Crippen LogP contribution >= 0.6 is 23.2 Å². The first-order chi connectivity index (χ1) is 17.8. The third kappa shape index (κ3) is 4.43. The highest BCUT2D eigenvalue weighted by Gasteiger charge is 2.46. The van der Waals surface area contributed by atoms with Crippen molar-refractivity contribution in [3.05, 3.63) is 86.9 Å². The summed E-state index contributed by atoms with van der Waals surface area (Å²) in [6.07, 6.45) is 0. The van der Waals surface area contributed by atoms with Crippen molar-refractivity contribution in [2.75, 3.05) is 21.0 Å². The van der Waals surface area contributed by atoms with Gasteiger partial charge in [0.1, 0.15) is 17.3 Å². The first-order valence-electron chi connectivity index (χ1n) is 11.2. The summed E-state index contributed by atoms with van der Waals surface area (Å²) in [4.78, 5) is 28.1. The van der Waals surface area contributed by atoms with E-state index in [0.29, 0.717) is 28.4 Å². The summed E-state index contributed by atoms with van der Waals surface area (Å²) < 4.78 is 21.5. The molecule has 0 aliphatic carbocycles. The molecule has 2 aliphatic rings. The molecule has 10 heteroatoms. The van der Waals surface area contributed by atoms with Crippen LogP contribution in [0, 0.1) is 0 Å². The minimum absolute atomic E-state index is 0.0716. The smallest absolute Gasteiger partial charge is 0.295 e. The Kier molecular flexibility index (Phi) is 6.62. The van der Waals surface area contributed by atoms with E-state index in [2.05, 4.69) is 0 Å².